The number of benzene rings is 2. The van der Waals surface area contributed by atoms with Gasteiger partial charge in [-0.3, -0.25) is 9.59 Å². The summed E-state index contributed by atoms with van der Waals surface area (Å²) < 4.78 is 0. The highest BCUT2D eigenvalue weighted by Crippen LogP contribution is 2.22. The highest BCUT2D eigenvalue weighted by molar-refractivity contribution is 6.31. The van der Waals surface area contributed by atoms with E-state index in [1.54, 1.807) is 11.0 Å². The van der Waals surface area contributed by atoms with Crippen LogP contribution in [0.5, 0.6) is 0 Å². The summed E-state index contributed by atoms with van der Waals surface area (Å²) in [7, 11) is 0. The molecule has 4 nitrogen and oxygen atoms in total. The third-order valence-electron chi connectivity index (χ3n) is 4.68. The Morgan fingerprint density at radius 1 is 0.966 bits per heavy atom. The highest BCUT2D eigenvalue weighted by atomic mass is 35.5. The lowest BCUT2D eigenvalue weighted by molar-refractivity contribution is -0.141. The second-order valence-corrected chi connectivity index (χ2v) is 8.11. The standard InChI is InChI=1S/C23H28Cl2N2O2/c1-4-21(23(29)26-16(2)3)27(15-18-10-6-8-12-20(18)25)22(28)14-13-17-9-5-7-11-19(17)24/h5-12,16,21H,4,13-15H2,1-3H3,(H,26,29)/t21-/m0/s1. The molecule has 0 saturated heterocycles. The SMILES string of the molecule is CC[C@@H](C(=O)NC(C)C)N(Cc1ccccc1Cl)C(=O)CCc1ccccc1Cl. The van der Waals surface area contributed by atoms with Gasteiger partial charge >= 0.3 is 0 Å². The van der Waals surface area contributed by atoms with Crippen LogP contribution in [0.2, 0.25) is 10.0 Å². The van der Waals surface area contributed by atoms with E-state index < -0.39 is 6.04 Å². The summed E-state index contributed by atoms with van der Waals surface area (Å²) in [4.78, 5) is 27.6. The molecule has 156 valence electrons. The molecule has 2 amide bonds. The van der Waals surface area contributed by atoms with Crippen LogP contribution in [0.15, 0.2) is 48.5 Å². The van der Waals surface area contributed by atoms with E-state index in [2.05, 4.69) is 5.32 Å². The lowest BCUT2D eigenvalue weighted by Crippen LogP contribution is -2.50. The van der Waals surface area contributed by atoms with Crippen molar-refractivity contribution in [3.63, 3.8) is 0 Å². The van der Waals surface area contributed by atoms with Crippen LogP contribution in [0, 0.1) is 0 Å². The van der Waals surface area contributed by atoms with Crippen molar-refractivity contribution in [1.29, 1.82) is 0 Å². The first-order chi connectivity index (χ1) is 13.8. The minimum Gasteiger partial charge on any atom is -0.352 e. The molecule has 0 saturated carbocycles. The van der Waals surface area contributed by atoms with E-state index in [4.69, 9.17) is 23.2 Å². The summed E-state index contributed by atoms with van der Waals surface area (Å²) in [6.07, 6.45) is 1.29. The van der Waals surface area contributed by atoms with E-state index >= 15 is 0 Å². The first-order valence-corrected chi connectivity index (χ1v) is 10.7. The molecule has 0 fully saturated rings. The topological polar surface area (TPSA) is 49.4 Å². The fourth-order valence-electron chi connectivity index (χ4n) is 3.20. The van der Waals surface area contributed by atoms with Crippen molar-refractivity contribution in [3.05, 3.63) is 69.7 Å². The number of rotatable bonds is 9. The third kappa shape index (κ3) is 6.76. The summed E-state index contributed by atoms with van der Waals surface area (Å²) in [5.41, 5.74) is 1.73. The Labute approximate surface area is 183 Å². The Kier molecular flexibility index (Phi) is 8.99. The summed E-state index contributed by atoms with van der Waals surface area (Å²) in [5.74, 6) is -0.253. The maximum atomic E-state index is 13.2. The summed E-state index contributed by atoms with van der Waals surface area (Å²) in [6, 6.07) is 14.3. The van der Waals surface area contributed by atoms with Crippen LogP contribution < -0.4 is 5.32 Å². The molecule has 0 aliphatic rings. The van der Waals surface area contributed by atoms with Gasteiger partial charge in [-0.05, 0) is 49.9 Å². The molecule has 29 heavy (non-hydrogen) atoms. The van der Waals surface area contributed by atoms with E-state index in [1.807, 2.05) is 63.2 Å². The molecule has 2 aromatic rings. The second kappa shape index (κ2) is 11.2. The number of hydrogen-bond donors (Lipinski definition) is 1. The molecule has 1 atom stereocenters. The second-order valence-electron chi connectivity index (χ2n) is 7.29. The summed E-state index contributed by atoms with van der Waals surface area (Å²) in [5, 5.41) is 4.15. The van der Waals surface area contributed by atoms with Crippen LogP contribution >= 0.6 is 23.2 Å². The monoisotopic (exact) mass is 434 g/mol. The van der Waals surface area contributed by atoms with Crippen LogP contribution in [0.1, 0.15) is 44.7 Å². The number of nitrogens with one attached hydrogen (secondary N) is 1. The molecular weight excluding hydrogens is 407 g/mol. The van der Waals surface area contributed by atoms with Gasteiger partial charge in [0, 0.05) is 29.1 Å². The van der Waals surface area contributed by atoms with Gasteiger partial charge < -0.3 is 10.2 Å². The van der Waals surface area contributed by atoms with Gasteiger partial charge in [-0.2, -0.15) is 0 Å². The average Bonchev–Trinajstić information content (AvgIpc) is 2.68. The molecule has 6 heteroatoms. The maximum Gasteiger partial charge on any atom is 0.243 e. The molecule has 0 heterocycles. The van der Waals surface area contributed by atoms with Gasteiger partial charge in [0.2, 0.25) is 11.8 Å². The van der Waals surface area contributed by atoms with Crippen molar-refractivity contribution >= 4 is 35.0 Å². The molecule has 0 aromatic heterocycles. The zero-order chi connectivity index (χ0) is 21.4. The van der Waals surface area contributed by atoms with Crippen LogP contribution in [0.3, 0.4) is 0 Å². The number of hydrogen-bond acceptors (Lipinski definition) is 2. The molecule has 0 radical (unpaired) electrons. The Morgan fingerprint density at radius 3 is 2.03 bits per heavy atom. The summed E-state index contributed by atoms with van der Waals surface area (Å²) >= 11 is 12.6. The average molecular weight is 435 g/mol. The van der Waals surface area contributed by atoms with Gasteiger partial charge in [-0.1, -0.05) is 66.5 Å². The van der Waals surface area contributed by atoms with Gasteiger partial charge in [0.25, 0.3) is 0 Å². The molecule has 2 rings (SSSR count). The van der Waals surface area contributed by atoms with Gasteiger partial charge in [-0.25, -0.2) is 0 Å². The largest absolute Gasteiger partial charge is 0.352 e. The Hall–Kier alpha value is -2.04. The van der Waals surface area contributed by atoms with Crippen molar-refractivity contribution in [1.82, 2.24) is 10.2 Å². The number of amides is 2. The number of halogens is 2. The molecule has 0 bridgehead atoms. The molecule has 0 spiro atoms. The van der Waals surface area contributed by atoms with E-state index in [-0.39, 0.29) is 30.8 Å². The van der Waals surface area contributed by atoms with E-state index in [1.165, 1.54) is 0 Å². The van der Waals surface area contributed by atoms with Crippen LogP contribution in [0.4, 0.5) is 0 Å². The van der Waals surface area contributed by atoms with Crippen molar-refractivity contribution in [2.75, 3.05) is 0 Å². The third-order valence-corrected chi connectivity index (χ3v) is 5.42. The number of carbonyl (C=O) groups is 2. The first-order valence-electron chi connectivity index (χ1n) is 9.90. The molecule has 0 aliphatic carbocycles. The van der Waals surface area contributed by atoms with E-state index in [9.17, 15) is 9.59 Å². The van der Waals surface area contributed by atoms with Crippen molar-refractivity contribution in [2.45, 2.75) is 58.7 Å². The van der Waals surface area contributed by atoms with Crippen LogP contribution in [-0.4, -0.2) is 28.8 Å². The van der Waals surface area contributed by atoms with Crippen molar-refractivity contribution in [2.24, 2.45) is 0 Å². The Morgan fingerprint density at radius 2 is 1.52 bits per heavy atom. The fraction of sp³-hybridized carbons (Fsp3) is 0.391. The zero-order valence-corrected chi connectivity index (χ0v) is 18.6. The minimum atomic E-state index is -0.563. The quantitative estimate of drug-likeness (QED) is 0.584. The lowest BCUT2D eigenvalue weighted by atomic mass is 10.1. The predicted octanol–water partition coefficient (Wildman–Crippen LogP) is 5.26. The zero-order valence-electron chi connectivity index (χ0n) is 17.1. The van der Waals surface area contributed by atoms with E-state index in [0.29, 0.717) is 22.9 Å². The smallest absolute Gasteiger partial charge is 0.243 e. The molecule has 1 N–H and O–H groups in total. The van der Waals surface area contributed by atoms with E-state index in [0.717, 1.165) is 11.1 Å². The molecule has 0 unspecified atom stereocenters. The number of aryl methyl sites for hydroxylation is 1. The minimum absolute atomic E-state index is 0.00283. The predicted molar refractivity (Wildman–Crippen MR) is 119 cm³/mol. The Bertz CT molecular complexity index is 839. The van der Waals surface area contributed by atoms with Gasteiger partial charge in [0.1, 0.15) is 6.04 Å². The molecular formula is C23H28Cl2N2O2. The van der Waals surface area contributed by atoms with Gasteiger partial charge in [0.15, 0.2) is 0 Å². The van der Waals surface area contributed by atoms with Crippen molar-refractivity contribution in [3.8, 4) is 0 Å². The van der Waals surface area contributed by atoms with Gasteiger partial charge in [0.05, 0.1) is 0 Å². The van der Waals surface area contributed by atoms with Crippen LogP contribution in [-0.2, 0) is 22.6 Å². The molecule has 0 aliphatic heterocycles. The lowest BCUT2D eigenvalue weighted by Gasteiger charge is -2.31. The Balaban J connectivity index is 2.24. The van der Waals surface area contributed by atoms with Crippen molar-refractivity contribution < 1.29 is 9.59 Å². The molecule has 2 aromatic carbocycles. The highest BCUT2D eigenvalue weighted by Gasteiger charge is 2.29. The first kappa shape index (κ1) is 23.2. The maximum absolute atomic E-state index is 13.2. The number of nitrogens with zero attached hydrogens (tertiary/aromatic N) is 1. The fourth-order valence-corrected chi connectivity index (χ4v) is 3.62. The summed E-state index contributed by atoms with van der Waals surface area (Å²) in [6.45, 7) is 6.00. The van der Waals surface area contributed by atoms with Gasteiger partial charge in [-0.15, -0.1) is 0 Å². The van der Waals surface area contributed by atoms with Crippen LogP contribution in [0.25, 0.3) is 0 Å². The number of carbonyl (C=O) groups excluding carboxylic acids is 2. The normalized spacial score (nSPS) is 11.9.